The normalized spacial score (nSPS) is 19.0. The van der Waals surface area contributed by atoms with Crippen molar-refractivity contribution in [3.05, 3.63) is 11.7 Å². The lowest BCUT2D eigenvalue weighted by Gasteiger charge is -2.26. The van der Waals surface area contributed by atoms with Crippen LogP contribution in [0.3, 0.4) is 0 Å². The third kappa shape index (κ3) is 3.45. The first-order chi connectivity index (χ1) is 10.6. The van der Waals surface area contributed by atoms with Gasteiger partial charge in [-0.15, -0.1) is 0 Å². The van der Waals surface area contributed by atoms with E-state index in [-0.39, 0.29) is 11.9 Å². The van der Waals surface area contributed by atoms with E-state index in [0.29, 0.717) is 31.1 Å². The van der Waals surface area contributed by atoms with E-state index in [1.54, 1.807) is 6.92 Å². The van der Waals surface area contributed by atoms with Crippen LogP contribution in [-0.4, -0.2) is 44.1 Å². The molecule has 1 aromatic heterocycles. The Hall–Kier alpha value is -1.92. The second-order valence-corrected chi connectivity index (χ2v) is 6.22. The molecule has 7 heteroatoms. The average Bonchev–Trinajstić information content (AvgIpc) is 3.39. The van der Waals surface area contributed by atoms with Crippen LogP contribution in [0.5, 0.6) is 0 Å². The molecule has 0 radical (unpaired) electrons. The van der Waals surface area contributed by atoms with Crippen molar-refractivity contribution in [1.29, 1.82) is 0 Å². The van der Waals surface area contributed by atoms with Gasteiger partial charge in [0.2, 0.25) is 11.8 Å². The highest BCUT2D eigenvalue weighted by molar-refractivity contribution is 5.83. The molecule has 2 aliphatic rings. The fourth-order valence-corrected chi connectivity index (χ4v) is 2.60. The summed E-state index contributed by atoms with van der Waals surface area (Å²) in [5.41, 5.74) is 0. The molecule has 0 aliphatic heterocycles. The first kappa shape index (κ1) is 15.0. The summed E-state index contributed by atoms with van der Waals surface area (Å²) < 4.78 is 5.17. The molecule has 2 fully saturated rings. The number of carboxylic acid groups (broad SMARTS) is 1. The van der Waals surface area contributed by atoms with Crippen LogP contribution in [0.1, 0.15) is 63.1 Å². The van der Waals surface area contributed by atoms with Gasteiger partial charge < -0.3 is 14.5 Å². The van der Waals surface area contributed by atoms with Crippen LogP contribution in [-0.2, 0) is 16.0 Å². The van der Waals surface area contributed by atoms with E-state index in [1.165, 1.54) is 4.90 Å². The highest BCUT2D eigenvalue weighted by atomic mass is 16.5. The molecule has 0 aromatic carbocycles. The molecule has 0 saturated heterocycles. The molecular formula is C15H21N3O4. The van der Waals surface area contributed by atoms with Crippen molar-refractivity contribution in [2.75, 3.05) is 0 Å². The van der Waals surface area contributed by atoms with Crippen molar-refractivity contribution in [2.24, 2.45) is 0 Å². The van der Waals surface area contributed by atoms with E-state index < -0.39 is 12.0 Å². The second kappa shape index (κ2) is 6.06. The average molecular weight is 307 g/mol. The minimum atomic E-state index is -0.953. The quantitative estimate of drug-likeness (QED) is 0.785. The number of aromatic nitrogens is 2. The van der Waals surface area contributed by atoms with E-state index in [0.717, 1.165) is 31.5 Å². The minimum absolute atomic E-state index is 0.0978. The Labute approximate surface area is 128 Å². The van der Waals surface area contributed by atoms with Crippen molar-refractivity contribution in [3.8, 4) is 0 Å². The van der Waals surface area contributed by atoms with Crippen molar-refractivity contribution in [1.82, 2.24) is 15.0 Å². The summed E-state index contributed by atoms with van der Waals surface area (Å²) >= 11 is 0. The van der Waals surface area contributed by atoms with Gasteiger partial charge in [0.15, 0.2) is 5.82 Å². The number of carboxylic acids is 1. The molecule has 1 atom stereocenters. The third-order valence-electron chi connectivity index (χ3n) is 4.21. The minimum Gasteiger partial charge on any atom is -0.480 e. The number of amides is 1. The maximum atomic E-state index is 12.3. The zero-order valence-corrected chi connectivity index (χ0v) is 12.7. The molecule has 2 aliphatic carbocycles. The second-order valence-electron chi connectivity index (χ2n) is 6.22. The molecule has 0 bridgehead atoms. The topological polar surface area (TPSA) is 96.5 Å². The Balaban J connectivity index is 1.48. The first-order valence-corrected chi connectivity index (χ1v) is 7.92. The number of carbonyl (C=O) groups is 2. The van der Waals surface area contributed by atoms with E-state index in [2.05, 4.69) is 10.1 Å². The summed E-state index contributed by atoms with van der Waals surface area (Å²) in [6, 6.07) is -0.659. The van der Waals surface area contributed by atoms with Gasteiger partial charge in [0.25, 0.3) is 0 Å². The van der Waals surface area contributed by atoms with Crippen LogP contribution in [0, 0.1) is 0 Å². The highest BCUT2D eigenvalue weighted by Gasteiger charge is 2.38. The molecule has 1 N–H and O–H groups in total. The zero-order valence-electron chi connectivity index (χ0n) is 12.7. The standard InChI is InChI=1S/C15H21N3O4/c1-9(15(20)21)18(11-7-8-11)13(19)4-2-3-12-16-14(17-22-12)10-5-6-10/h9-11H,2-8H2,1H3,(H,20,21). The Morgan fingerprint density at radius 2 is 2.09 bits per heavy atom. The molecule has 1 aromatic rings. The predicted octanol–water partition coefficient (Wildman–Crippen LogP) is 1.73. The monoisotopic (exact) mass is 307 g/mol. The Morgan fingerprint density at radius 1 is 1.36 bits per heavy atom. The van der Waals surface area contributed by atoms with Gasteiger partial charge in [0, 0.05) is 24.8 Å². The summed E-state index contributed by atoms with van der Waals surface area (Å²) in [5, 5.41) is 13.1. The van der Waals surface area contributed by atoms with Gasteiger partial charge in [-0.25, -0.2) is 4.79 Å². The fourth-order valence-electron chi connectivity index (χ4n) is 2.60. The maximum absolute atomic E-state index is 12.3. The van der Waals surface area contributed by atoms with Crippen molar-refractivity contribution < 1.29 is 19.2 Å². The lowest BCUT2D eigenvalue weighted by atomic mass is 10.2. The number of hydrogen-bond donors (Lipinski definition) is 1. The van der Waals surface area contributed by atoms with Gasteiger partial charge in [-0.1, -0.05) is 5.16 Å². The molecular weight excluding hydrogens is 286 g/mol. The number of aliphatic carboxylic acids is 1. The predicted molar refractivity (Wildman–Crippen MR) is 76.2 cm³/mol. The van der Waals surface area contributed by atoms with Crippen molar-refractivity contribution in [3.63, 3.8) is 0 Å². The van der Waals surface area contributed by atoms with Gasteiger partial charge in [0.05, 0.1) is 0 Å². The van der Waals surface area contributed by atoms with Crippen LogP contribution >= 0.6 is 0 Å². The zero-order chi connectivity index (χ0) is 15.7. The Bertz CT molecular complexity index is 563. The van der Waals surface area contributed by atoms with Crippen molar-refractivity contribution in [2.45, 2.75) is 69.9 Å². The molecule has 1 unspecified atom stereocenters. The van der Waals surface area contributed by atoms with Gasteiger partial charge in [-0.3, -0.25) is 4.79 Å². The molecule has 3 rings (SSSR count). The van der Waals surface area contributed by atoms with Gasteiger partial charge in [-0.2, -0.15) is 4.98 Å². The number of aryl methyl sites for hydroxylation is 1. The summed E-state index contributed by atoms with van der Waals surface area (Å²) in [4.78, 5) is 29.2. The molecule has 120 valence electrons. The van der Waals surface area contributed by atoms with E-state index in [9.17, 15) is 9.59 Å². The first-order valence-electron chi connectivity index (χ1n) is 7.92. The summed E-state index contributed by atoms with van der Waals surface area (Å²) in [5.74, 6) is 0.755. The molecule has 7 nitrogen and oxygen atoms in total. The number of nitrogens with zero attached hydrogens (tertiary/aromatic N) is 3. The fraction of sp³-hybridized carbons (Fsp3) is 0.733. The van der Waals surface area contributed by atoms with Crippen LogP contribution in [0.25, 0.3) is 0 Å². The molecule has 0 spiro atoms. The number of carbonyl (C=O) groups excluding carboxylic acids is 1. The molecule has 1 heterocycles. The lowest BCUT2D eigenvalue weighted by Crippen LogP contribution is -2.44. The van der Waals surface area contributed by atoms with Crippen molar-refractivity contribution >= 4 is 11.9 Å². The maximum Gasteiger partial charge on any atom is 0.326 e. The van der Waals surface area contributed by atoms with Gasteiger partial charge in [-0.05, 0) is 39.0 Å². The summed E-state index contributed by atoms with van der Waals surface area (Å²) in [7, 11) is 0. The summed E-state index contributed by atoms with van der Waals surface area (Å²) in [6.45, 7) is 1.57. The molecule has 22 heavy (non-hydrogen) atoms. The number of hydrogen-bond acceptors (Lipinski definition) is 5. The third-order valence-corrected chi connectivity index (χ3v) is 4.21. The van der Waals surface area contributed by atoms with Gasteiger partial charge in [0.1, 0.15) is 6.04 Å². The van der Waals surface area contributed by atoms with Crippen LogP contribution < -0.4 is 0 Å². The van der Waals surface area contributed by atoms with Crippen LogP contribution in [0.15, 0.2) is 4.52 Å². The Morgan fingerprint density at radius 3 is 2.68 bits per heavy atom. The SMILES string of the molecule is CC(C(=O)O)N(C(=O)CCCc1nc(C2CC2)no1)C1CC1. The number of rotatable bonds is 8. The highest BCUT2D eigenvalue weighted by Crippen LogP contribution is 2.38. The van der Waals surface area contributed by atoms with Crippen LogP contribution in [0.2, 0.25) is 0 Å². The smallest absolute Gasteiger partial charge is 0.326 e. The largest absolute Gasteiger partial charge is 0.480 e. The van der Waals surface area contributed by atoms with Gasteiger partial charge >= 0.3 is 5.97 Å². The van der Waals surface area contributed by atoms with E-state index in [1.807, 2.05) is 0 Å². The summed E-state index contributed by atoms with van der Waals surface area (Å²) in [6.07, 6.45) is 5.53. The Kier molecular flexibility index (Phi) is 4.13. The molecule has 2 saturated carbocycles. The van der Waals surface area contributed by atoms with E-state index in [4.69, 9.17) is 9.63 Å². The van der Waals surface area contributed by atoms with Crippen LogP contribution in [0.4, 0.5) is 0 Å². The molecule has 1 amide bonds. The van der Waals surface area contributed by atoms with E-state index >= 15 is 0 Å². The lowest BCUT2D eigenvalue weighted by molar-refractivity contribution is -0.150.